The van der Waals surface area contributed by atoms with Crippen LogP contribution in [-0.4, -0.2) is 47.0 Å². The molecule has 3 heterocycles. The molecule has 0 bridgehead atoms. The van der Waals surface area contributed by atoms with E-state index in [1.165, 1.54) is 4.90 Å². The maximum absolute atomic E-state index is 13.5. The molecule has 2 amide bonds. The largest absolute Gasteiger partial charge is 0.303 e. The van der Waals surface area contributed by atoms with Gasteiger partial charge in [0.1, 0.15) is 4.32 Å². The first-order valence-electron chi connectivity index (χ1n) is 9.91. The lowest BCUT2D eigenvalue weighted by atomic mass is 10.1. The van der Waals surface area contributed by atoms with E-state index in [0.717, 1.165) is 23.0 Å². The number of nitrogens with zero attached hydrogens (tertiary/aromatic N) is 2. The lowest BCUT2D eigenvalue weighted by Gasteiger charge is -2.21. The molecule has 0 N–H and O–H groups in total. The zero-order valence-corrected chi connectivity index (χ0v) is 19.9. The fraction of sp³-hybridized carbons (Fsp3) is 0.227. The highest BCUT2D eigenvalue weighted by molar-refractivity contribution is 8.26. The molecule has 2 saturated heterocycles. The molecule has 5 rings (SSSR count). The summed E-state index contributed by atoms with van der Waals surface area (Å²) in [7, 11) is -3.19. The van der Waals surface area contributed by atoms with E-state index in [1.807, 2.05) is 36.4 Å². The summed E-state index contributed by atoms with van der Waals surface area (Å²) in [5, 5.41) is 0.611. The van der Waals surface area contributed by atoms with Crippen LogP contribution in [0.3, 0.4) is 0 Å². The number of halogens is 1. The molecule has 2 aromatic rings. The Morgan fingerprint density at radius 1 is 1.06 bits per heavy atom. The number of amides is 2. The SMILES string of the molecule is O=C1/C(=C2\SC(=S)N(C3CCS(=O)(=O)C3)C2=O)c2ccccc2N1Cc1ccc(Cl)cc1. The number of carbonyl (C=O) groups is 2. The Labute approximate surface area is 200 Å². The zero-order valence-electron chi connectivity index (χ0n) is 16.7. The van der Waals surface area contributed by atoms with Gasteiger partial charge >= 0.3 is 0 Å². The highest BCUT2D eigenvalue weighted by Crippen LogP contribution is 2.46. The summed E-state index contributed by atoms with van der Waals surface area (Å²) in [4.78, 5) is 30.1. The van der Waals surface area contributed by atoms with Crippen LogP contribution in [0.5, 0.6) is 0 Å². The Morgan fingerprint density at radius 2 is 1.78 bits per heavy atom. The molecule has 2 fully saturated rings. The van der Waals surface area contributed by atoms with Crippen molar-refractivity contribution in [3.8, 4) is 0 Å². The van der Waals surface area contributed by atoms with Gasteiger partial charge in [-0.3, -0.25) is 14.5 Å². The van der Waals surface area contributed by atoms with Crippen LogP contribution in [0.1, 0.15) is 17.5 Å². The molecule has 0 aromatic heterocycles. The van der Waals surface area contributed by atoms with Gasteiger partial charge in [0, 0.05) is 10.6 Å². The van der Waals surface area contributed by atoms with E-state index in [-0.39, 0.29) is 22.3 Å². The van der Waals surface area contributed by atoms with Crippen molar-refractivity contribution in [2.24, 2.45) is 0 Å². The number of hydrogen-bond acceptors (Lipinski definition) is 6. The number of sulfone groups is 1. The van der Waals surface area contributed by atoms with E-state index in [4.69, 9.17) is 23.8 Å². The van der Waals surface area contributed by atoms with Crippen LogP contribution < -0.4 is 4.90 Å². The second kappa shape index (κ2) is 7.98. The minimum atomic E-state index is -3.19. The molecule has 0 radical (unpaired) electrons. The van der Waals surface area contributed by atoms with Crippen molar-refractivity contribution < 1.29 is 18.0 Å². The number of thiocarbonyl (C=S) groups is 1. The predicted octanol–water partition coefficient (Wildman–Crippen LogP) is 3.65. The van der Waals surface area contributed by atoms with E-state index in [9.17, 15) is 18.0 Å². The molecule has 0 spiro atoms. The monoisotopic (exact) mass is 504 g/mol. The summed E-state index contributed by atoms with van der Waals surface area (Å²) in [6.07, 6.45) is 0.352. The molecule has 3 aliphatic heterocycles. The number of anilines is 1. The number of fused-ring (bicyclic) bond motifs is 1. The van der Waals surface area contributed by atoms with Gasteiger partial charge in [0.15, 0.2) is 9.84 Å². The van der Waals surface area contributed by atoms with Crippen LogP contribution in [0.4, 0.5) is 5.69 Å². The smallest absolute Gasteiger partial charge is 0.267 e. The first-order valence-corrected chi connectivity index (χ1v) is 13.3. The number of para-hydroxylation sites is 1. The number of carbonyl (C=O) groups excluding carboxylic acids is 2. The van der Waals surface area contributed by atoms with Crippen molar-refractivity contribution in [3.05, 3.63) is 69.6 Å². The normalized spacial score (nSPS) is 24.5. The third-order valence-corrected chi connectivity index (χ3v) is 9.18. The maximum Gasteiger partial charge on any atom is 0.267 e. The molecular weight excluding hydrogens is 488 g/mol. The average Bonchev–Trinajstić information content (AvgIpc) is 3.35. The molecule has 0 aliphatic carbocycles. The minimum Gasteiger partial charge on any atom is -0.303 e. The van der Waals surface area contributed by atoms with Crippen molar-refractivity contribution in [3.63, 3.8) is 0 Å². The molecule has 1 unspecified atom stereocenters. The molecule has 3 aliphatic rings. The minimum absolute atomic E-state index is 0.0390. The third kappa shape index (κ3) is 3.67. The Balaban J connectivity index is 1.53. The van der Waals surface area contributed by atoms with Gasteiger partial charge in [0.05, 0.1) is 40.3 Å². The number of benzene rings is 2. The highest BCUT2D eigenvalue weighted by atomic mass is 35.5. The molecule has 10 heteroatoms. The highest BCUT2D eigenvalue weighted by Gasteiger charge is 2.46. The quantitative estimate of drug-likeness (QED) is 0.469. The van der Waals surface area contributed by atoms with E-state index >= 15 is 0 Å². The molecule has 164 valence electrons. The summed E-state index contributed by atoms with van der Waals surface area (Å²) < 4.78 is 24.2. The Morgan fingerprint density at radius 3 is 2.47 bits per heavy atom. The average molecular weight is 505 g/mol. The summed E-state index contributed by atoms with van der Waals surface area (Å²) in [5.74, 6) is -0.735. The second-order valence-electron chi connectivity index (χ2n) is 7.84. The number of hydrogen-bond donors (Lipinski definition) is 0. The van der Waals surface area contributed by atoms with Gasteiger partial charge in [-0.05, 0) is 30.2 Å². The van der Waals surface area contributed by atoms with Crippen LogP contribution in [0.2, 0.25) is 5.02 Å². The van der Waals surface area contributed by atoms with Gasteiger partial charge < -0.3 is 4.90 Å². The van der Waals surface area contributed by atoms with Gasteiger partial charge in [0.2, 0.25) is 0 Å². The number of rotatable bonds is 3. The molecule has 32 heavy (non-hydrogen) atoms. The first-order chi connectivity index (χ1) is 15.2. The summed E-state index contributed by atoms with van der Waals surface area (Å²) in [5.41, 5.74) is 2.61. The van der Waals surface area contributed by atoms with Gasteiger partial charge in [-0.2, -0.15) is 0 Å². The van der Waals surface area contributed by atoms with Gasteiger partial charge in [-0.25, -0.2) is 8.42 Å². The Hall–Kier alpha value is -2.20. The van der Waals surface area contributed by atoms with Gasteiger partial charge in [-0.1, -0.05) is 65.9 Å². The maximum atomic E-state index is 13.5. The van der Waals surface area contributed by atoms with Crippen LogP contribution in [0, 0.1) is 0 Å². The predicted molar refractivity (Wildman–Crippen MR) is 130 cm³/mol. The van der Waals surface area contributed by atoms with E-state index in [1.54, 1.807) is 17.0 Å². The zero-order chi connectivity index (χ0) is 22.6. The molecule has 2 aromatic carbocycles. The van der Waals surface area contributed by atoms with E-state index < -0.39 is 21.8 Å². The molecular formula is C22H17ClN2O4S3. The van der Waals surface area contributed by atoms with Crippen LogP contribution in [0.25, 0.3) is 5.57 Å². The van der Waals surface area contributed by atoms with Crippen LogP contribution in [-0.2, 0) is 26.0 Å². The summed E-state index contributed by atoms with van der Waals surface area (Å²) in [6, 6.07) is 14.1. The standard InChI is InChI=1S/C22H17ClN2O4S3/c23-14-7-5-13(6-8-14)11-24-17-4-2-1-3-16(17)18(20(24)26)19-21(27)25(22(30)31-19)15-9-10-32(28,29)12-15/h1-8,15H,9-12H2/b19-18-. The van der Waals surface area contributed by atoms with Crippen LogP contribution >= 0.6 is 35.6 Å². The molecule has 6 nitrogen and oxygen atoms in total. The number of thioether (sulfide) groups is 1. The Bertz CT molecular complexity index is 1300. The summed E-state index contributed by atoms with van der Waals surface area (Å²) in [6.45, 7) is 0.331. The van der Waals surface area contributed by atoms with Gasteiger partial charge in [0.25, 0.3) is 11.8 Å². The first kappa shape index (κ1) is 21.6. The van der Waals surface area contributed by atoms with Crippen molar-refractivity contribution in [1.29, 1.82) is 0 Å². The fourth-order valence-corrected chi connectivity index (χ4v) is 7.55. The van der Waals surface area contributed by atoms with Crippen molar-refractivity contribution in [1.82, 2.24) is 4.90 Å². The van der Waals surface area contributed by atoms with Crippen LogP contribution in [0.15, 0.2) is 53.4 Å². The van der Waals surface area contributed by atoms with Crippen molar-refractivity contribution in [2.45, 2.75) is 19.0 Å². The van der Waals surface area contributed by atoms with E-state index in [2.05, 4.69) is 0 Å². The van der Waals surface area contributed by atoms with Crippen molar-refractivity contribution >= 4 is 72.8 Å². The lowest BCUT2D eigenvalue weighted by Crippen LogP contribution is -2.39. The molecule has 0 saturated carbocycles. The topological polar surface area (TPSA) is 74.8 Å². The second-order valence-corrected chi connectivity index (χ2v) is 12.1. The fourth-order valence-electron chi connectivity index (χ4n) is 4.25. The summed E-state index contributed by atoms with van der Waals surface area (Å²) >= 11 is 12.5. The molecule has 1 atom stereocenters. The Kier molecular flexibility index (Phi) is 5.40. The lowest BCUT2D eigenvalue weighted by molar-refractivity contribution is -0.123. The van der Waals surface area contributed by atoms with Gasteiger partial charge in [-0.15, -0.1) is 0 Å². The van der Waals surface area contributed by atoms with E-state index in [0.29, 0.717) is 33.4 Å². The van der Waals surface area contributed by atoms with Crippen molar-refractivity contribution in [2.75, 3.05) is 16.4 Å². The third-order valence-electron chi connectivity index (χ3n) is 5.78.